The number of hydrogen-bond donors (Lipinski definition) is 2. The summed E-state index contributed by atoms with van der Waals surface area (Å²) in [6.45, 7) is 5.81. The number of hydrogen-bond acceptors (Lipinski definition) is 4. The van der Waals surface area contributed by atoms with Crippen molar-refractivity contribution in [1.29, 1.82) is 0 Å². The minimum atomic E-state index is -0.287. The van der Waals surface area contributed by atoms with E-state index in [0.29, 0.717) is 11.4 Å². The summed E-state index contributed by atoms with van der Waals surface area (Å²) in [6, 6.07) is 3.36. The van der Waals surface area contributed by atoms with Crippen LogP contribution in [0.5, 0.6) is 5.88 Å². The average Bonchev–Trinajstić information content (AvgIpc) is 2.15. The summed E-state index contributed by atoms with van der Waals surface area (Å²) in [5, 5.41) is 11.3. The van der Waals surface area contributed by atoms with Gasteiger partial charge in [-0.1, -0.05) is 5.16 Å². The first-order valence-corrected chi connectivity index (χ1v) is 4.55. The fourth-order valence-electron chi connectivity index (χ4n) is 0.964. The molecule has 0 unspecified atom stereocenters. The standard InChI is InChI=1S/C10H15N3O2/c1-10(2,3)15-8-5-4-7(6-12-8)9(11)13-14/h4-6,14H,1-3H3,(H2,11,13). The molecule has 5 heteroatoms. The van der Waals surface area contributed by atoms with Gasteiger partial charge >= 0.3 is 0 Å². The zero-order valence-electron chi connectivity index (χ0n) is 9.06. The van der Waals surface area contributed by atoms with Crippen molar-refractivity contribution >= 4 is 5.84 Å². The third-order valence-electron chi connectivity index (χ3n) is 1.55. The summed E-state index contributed by atoms with van der Waals surface area (Å²) in [5.74, 6) is 0.543. The molecule has 0 aliphatic carbocycles. The van der Waals surface area contributed by atoms with E-state index in [9.17, 15) is 0 Å². The van der Waals surface area contributed by atoms with Gasteiger partial charge in [0, 0.05) is 17.8 Å². The Balaban J connectivity index is 2.82. The molecule has 1 heterocycles. The number of ether oxygens (including phenoxy) is 1. The number of aromatic nitrogens is 1. The van der Waals surface area contributed by atoms with Crippen LogP contribution in [0.3, 0.4) is 0 Å². The van der Waals surface area contributed by atoms with Crippen molar-refractivity contribution in [3.8, 4) is 5.88 Å². The van der Waals surface area contributed by atoms with Gasteiger partial charge in [0.05, 0.1) is 0 Å². The molecular formula is C10H15N3O2. The molecule has 0 bridgehead atoms. The van der Waals surface area contributed by atoms with Crippen molar-refractivity contribution in [3.05, 3.63) is 23.9 Å². The van der Waals surface area contributed by atoms with E-state index in [1.54, 1.807) is 12.1 Å². The molecule has 1 aromatic rings. The molecule has 0 saturated carbocycles. The summed E-state index contributed by atoms with van der Waals surface area (Å²) < 4.78 is 5.52. The van der Waals surface area contributed by atoms with Crippen molar-refractivity contribution in [2.45, 2.75) is 26.4 Å². The van der Waals surface area contributed by atoms with Gasteiger partial charge in [-0.3, -0.25) is 0 Å². The molecule has 0 atom stereocenters. The van der Waals surface area contributed by atoms with Crippen LogP contribution in [0.2, 0.25) is 0 Å². The molecule has 0 aromatic carbocycles. The molecule has 5 nitrogen and oxygen atoms in total. The highest BCUT2D eigenvalue weighted by Gasteiger charge is 2.12. The van der Waals surface area contributed by atoms with Crippen LogP contribution in [0.25, 0.3) is 0 Å². The van der Waals surface area contributed by atoms with Crippen LogP contribution < -0.4 is 10.5 Å². The molecule has 0 aliphatic rings. The maximum atomic E-state index is 8.45. The first-order valence-electron chi connectivity index (χ1n) is 4.55. The van der Waals surface area contributed by atoms with Gasteiger partial charge < -0.3 is 15.7 Å². The molecular weight excluding hydrogens is 194 g/mol. The maximum Gasteiger partial charge on any atom is 0.213 e. The number of nitrogens with two attached hydrogens (primary N) is 1. The summed E-state index contributed by atoms with van der Waals surface area (Å²) in [6.07, 6.45) is 1.50. The molecule has 0 spiro atoms. The van der Waals surface area contributed by atoms with Gasteiger partial charge in [-0.25, -0.2) is 4.98 Å². The highest BCUT2D eigenvalue weighted by atomic mass is 16.5. The molecule has 3 N–H and O–H groups in total. The van der Waals surface area contributed by atoms with Crippen LogP contribution in [-0.2, 0) is 0 Å². The molecule has 82 valence electrons. The second kappa shape index (κ2) is 4.16. The molecule has 0 saturated heterocycles. The quantitative estimate of drug-likeness (QED) is 0.333. The van der Waals surface area contributed by atoms with Gasteiger partial charge in [0.2, 0.25) is 5.88 Å². The molecule has 0 fully saturated rings. The van der Waals surface area contributed by atoms with Crippen LogP contribution in [0.1, 0.15) is 26.3 Å². The largest absolute Gasteiger partial charge is 0.472 e. The first kappa shape index (κ1) is 11.3. The Morgan fingerprint density at radius 2 is 2.13 bits per heavy atom. The lowest BCUT2D eigenvalue weighted by molar-refractivity contribution is 0.124. The third kappa shape index (κ3) is 3.46. The molecule has 1 rings (SSSR count). The Kier molecular flexibility index (Phi) is 3.14. The van der Waals surface area contributed by atoms with E-state index in [2.05, 4.69) is 10.1 Å². The summed E-state index contributed by atoms with van der Waals surface area (Å²) in [5.41, 5.74) is 5.66. The van der Waals surface area contributed by atoms with Crippen molar-refractivity contribution < 1.29 is 9.94 Å². The SMILES string of the molecule is CC(C)(C)Oc1ccc(/C(N)=N/O)cn1. The Hall–Kier alpha value is -1.78. The lowest BCUT2D eigenvalue weighted by Crippen LogP contribution is -2.23. The second-order valence-corrected chi connectivity index (χ2v) is 4.08. The highest BCUT2D eigenvalue weighted by Crippen LogP contribution is 2.14. The van der Waals surface area contributed by atoms with Gasteiger partial charge in [0.1, 0.15) is 5.60 Å². The van der Waals surface area contributed by atoms with E-state index in [1.165, 1.54) is 6.20 Å². The van der Waals surface area contributed by atoms with Gasteiger partial charge in [0.15, 0.2) is 5.84 Å². The van der Waals surface area contributed by atoms with Gasteiger partial charge in [-0.2, -0.15) is 0 Å². The van der Waals surface area contributed by atoms with E-state index in [4.69, 9.17) is 15.7 Å². The van der Waals surface area contributed by atoms with E-state index in [1.807, 2.05) is 20.8 Å². The molecule has 1 aromatic heterocycles. The smallest absolute Gasteiger partial charge is 0.213 e. The second-order valence-electron chi connectivity index (χ2n) is 4.08. The summed E-state index contributed by atoms with van der Waals surface area (Å²) in [4.78, 5) is 4.04. The maximum absolute atomic E-state index is 8.45. The molecule has 15 heavy (non-hydrogen) atoms. The van der Waals surface area contributed by atoms with Gasteiger partial charge in [-0.15, -0.1) is 0 Å². The number of rotatable bonds is 2. The minimum absolute atomic E-state index is 0.0322. The topological polar surface area (TPSA) is 80.7 Å². The monoisotopic (exact) mass is 209 g/mol. The van der Waals surface area contributed by atoms with Crippen LogP contribution in [0.4, 0.5) is 0 Å². The fraction of sp³-hybridized carbons (Fsp3) is 0.400. The normalized spacial score (nSPS) is 12.6. The predicted octanol–water partition coefficient (Wildman–Crippen LogP) is 1.35. The number of pyridine rings is 1. The van der Waals surface area contributed by atoms with E-state index < -0.39 is 0 Å². The third-order valence-corrected chi connectivity index (χ3v) is 1.55. The Morgan fingerprint density at radius 1 is 1.47 bits per heavy atom. The number of oxime groups is 1. The number of amidine groups is 1. The minimum Gasteiger partial charge on any atom is -0.472 e. The van der Waals surface area contributed by atoms with E-state index >= 15 is 0 Å². The first-order chi connectivity index (χ1) is 6.92. The molecule has 0 aliphatic heterocycles. The fourth-order valence-corrected chi connectivity index (χ4v) is 0.964. The summed E-state index contributed by atoms with van der Waals surface area (Å²) >= 11 is 0. The van der Waals surface area contributed by atoms with Gasteiger partial charge in [0.25, 0.3) is 0 Å². The van der Waals surface area contributed by atoms with Crippen molar-refractivity contribution in [2.24, 2.45) is 10.9 Å². The molecule has 0 amide bonds. The van der Waals surface area contributed by atoms with Crippen molar-refractivity contribution in [1.82, 2.24) is 4.98 Å². The van der Waals surface area contributed by atoms with Crippen LogP contribution in [0.15, 0.2) is 23.5 Å². The highest BCUT2D eigenvalue weighted by molar-refractivity contribution is 5.96. The molecule has 0 radical (unpaired) electrons. The van der Waals surface area contributed by atoms with Crippen LogP contribution in [0, 0.1) is 0 Å². The van der Waals surface area contributed by atoms with E-state index in [0.717, 1.165) is 0 Å². The predicted molar refractivity (Wildman–Crippen MR) is 57.1 cm³/mol. The van der Waals surface area contributed by atoms with Crippen LogP contribution in [-0.4, -0.2) is 21.6 Å². The Bertz CT molecular complexity index is 352. The average molecular weight is 209 g/mol. The lowest BCUT2D eigenvalue weighted by Gasteiger charge is -2.20. The van der Waals surface area contributed by atoms with Crippen molar-refractivity contribution in [3.63, 3.8) is 0 Å². The Labute approximate surface area is 88.6 Å². The van der Waals surface area contributed by atoms with Gasteiger partial charge in [-0.05, 0) is 26.8 Å². The lowest BCUT2D eigenvalue weighted by atomic mass is 10.2. The zero-order valence-corrected chi connectivity index (χ0v) is 9.06. The summed E-state index contributed by atoms with van der Waals surface area (Å²) in [7, 11) is 0. The number of nitrogens with zero attached hydrogens (tertiary/aromatic N) is 2. The van der Waals surface area contributed by atoms with E-state index in [-0.39, 0.29) is 11.4 Å². The van der Waals surface area contributed by atoms with Crippen molar-refractivity contribution in [2.75, 3.05) is 0 Å². The zero-order chi connectivity index (χ0) is 11.5. The Morgan fingerprint density at radius 3 is 2.53 bits per heavy atom. The van der Waals surface area contributed by atoms with Crippen LogP contribution >= 0.6 is 0 Å².